The van der Waals surface area contributed by atoms with Crippen molar-refractivity contribution in [2.45, 2.75) is 13.0 Å². The molecule has 2 amide bonds. The van der Waals surface area contributed by atoms with Gasteiger partial charge in [0.25, 0.3) is 0 Å². The van der Waals surface area contributed by atoms with Crippen molar-refractivity contribution in [3.63, 3.8) is 0 Å². The van der Waals surface area contributed by atoms with Crippen LogP contribution in [-0.2, 0) is 4.74 Å². The number of carbonyl (C=O) groups is 1. The van der Waals surface area contributed by atoms with E-state index in [1.165, 1.54) is 25.3 Å². The number of hydrogen-bond acceptors (Lipinski definition) is 2. The molecule has 0 bridgehead atoms. The Balaban J connectivity index is 2.58. The predicted octanol–water partition coefficient (Wildman–Crippen LogP) is 2.64. The number of halogens is 2. The van der Waals surface area contributed by atoms with E-state index in [1.54, 1.807) is 6.92 Å². The van der Waals surface area contributed by atoms with Gasteiger partial charge in [-0.2, -0.15) is 0 Å². The van der Waals surface area contributed by atoms with E-state index in [0.717, 1.165) is 0 Å². The summed E-state index contributed by atoms with van der Waals surface area (Å²) in [6, 6.07) is 3.28. The zero-order valence-electron chi connectivity index (χ0n) is 9.59. The Hall–Kier alpha value is -1.33. The minimum Gasteiger partial charge on any atom is -0.383 e. The molecule has 1 rings (SSSR count). The van der Waals surface area contributed by atoms with Gasteiger partial charge >= 0.3 is 6.03 Å². The number of amides is 2. The SMILES string of the molecule is COC[C@@H](C)NC(=O)Nc1cc(Cl)ccc1F. The molecule has 0 aromatic heterocycles. The minimum absolute atomic E-state index is 0.0413. The fourth-order valence-corrected chi connectivity index (χ4v) is 1.44. The molecule has 4 nitrogen and oxygen atoms in total. The van der Waals surface area contributed by atoms with Crippen LogP contribution in [0.3, 0.4) is 0 Å². The third-order valence-corrected chi connectivity index (χ3v) is 2.21. The molecule has 17 heavy (non-hydrogen) atoms. The van der Waals surface area contributed by atoms with E-state index in [4.69, 9.17) is 16.3 Å². The standard InChI is InChI=1S/C11H14ClFN2O2/c1-7(6-17-2)14-11(16)15-10-5-8(12)3-4-9(10)13/h3-5,7H,6H2,1-2H3,(H2,14,15,16)/t7-/m1/s1. The van der Waals surface area contributed by atoms with Crippen molar-refractivity contribution < 1.29 is 13.9 Å². The average molecular weight is 261 g/mol. The molecule has 0 aliphatic carbocycles. The van der Waals surface area contributed by atoms with Gasteiger partial charge in [0, 0.05) is 12.1 Å². The summed E-state index contributed by atoms with van der Waals surface area (Å²) < 4.78 is 18.1. The Morgan fingerprint density at radius 3 is 2.94 bits per heavy atom. The molecule has 0 spiro atoms. The predicted molar refractivity (Wildman–Crippen MR) is 64.9 cm³/mol. The van der Waals surface area contributed by atoms with Crippen molar-refractivity contribution in [3.8, 4) is 0 Å². The third-order valence-electron chi connectivity index (χ3n) is 1.97. The van der Waals surface area contributed by atoms with Crippen LogP contribution in [0.4, 0.5) is 14.9 Å². The molecule has 0 saturated heterocycles. The highest BCUT2D eigenvalue weighted by Gasteiger charge is 2.09. The lowest BCUT2D eigenvalue weighted by molar-refractivity contribution is 0.173. The molecule has 0 radical (unpaired) electrons. The van der Waals surface area contributed by atoms with Crippen molar-refractivity contribution in [3.05, 3.63) is 29.0 Å². The number of anilines is 1. The number of urea groups is 1. The fraction of sp³-hybridized carbons (Fsp3) is 0.364. The van der Waals surface area contributed by atoms with Gasteiger partial charge < -0.3 is 15.4 Å². The highest BCUT2D eigenvalue weighted by Crippen LogP contribution is 2.19. The van der Waals surface area contributed by atoms with E-state index < -0.39 is 11.8 Å². The van der Waals surface area contributed by atoms with E-state index in [1.807, 2.05) is 0 Å². The lowest BCUT2D eigenvalue weighted by Crippen LogP contribution is -2.38. The Labute approximate surface area is 104 Å². The van der Waals surface area contributed by atoms with Crippen molar-refractivity contribution in [2.24, 2.45) is 0 Å². The van der Waals surface area contributed by atoms with E-state index in [2.05, 4.69) is 10.6 Å². The maximum atomic E-state index is 13.3. The molecule has 0 heterocycles. The lowest BCUT2D eigenvalue weighted by atomic mass is 10.3. The summed E-state index contributed by atoms with van der Waals surface area (Å²) in [7, 11) is 1.53. The van der Waals surface area contributed by atoms with Crippen LogP contribution in [-0.4, -0.2) is 25.8 Å². The van der Waals surface area contributed by atoms with Gasteiger partial charge in [-0.3, -0.25) is 0 Å². The second-order valence-corrected chi connectivity index (χ2v) is 4.02. The van der Waals surface area contributed by atoms with Crippen LogP contribution in [0, 0.1) is 5.82 Å². The van der Waals surface area contributed by atoms with Gasteiger partial charge in [0.2, 0.25) is 0 Å². The van der Waals surface area contributed by atoms with Crippen molar-refractivity contribution in [1.82, 2.24) is 5.32 Å². The maximum absolute atomic E-state index is 13.3. The number of nitrogens with one attached hydrogen (secondary N) is 2. The summed E-state index contributed by atoms with van der Waals surface area (Å²) in [5.74, 6) is -0.538. The quantitative estimate of drug-likeness (QED) is 0.874. The summed E-state index contributed by atoms with van der Waals surface area (Å²) in [4.78, 5) is 11.5. The molecular weight excluding hydrogens is 247 g/mol. The molecule has 94 valence electrons. The zero-order valence-corrected chi connectivity index (χ0v) is 10.3. The third kappa shape index (κ3) is 4.58. The van der Waals surface area contributed by atoms with Crippen LogP contribution in [0.15, 0.2) is 18.2 Å². The van der Waals surface area contributed by atoms with Crippen LogP contribution in [0.2, 0.25) is 5.02 Å². The zero-order chi connectivity index (χ0) is 12.8. The average Bonchev–Trinajstić information content (AvgIpc) is 2.23. The largest absolute Gasteiger partial charge is 0.383 e. The van der Waals surface area contributed by atoms with Gasteiger partial charge in [-0.05, 0) is 25.1 Å². The number of carbonyl (C=O) groups excluding carboxylic acids is 1. The van der Waals surface area contributed by atoms with Gasteiger partial charge in [0.1, 0.15) is 5.82 Å². The van der Waals surface area contributed by atoms with E-state index in [0.29, 0.717) is 11.6 Å². The smallest absolute Gasteiger partial charge is 0.319 e. The van der Waals surface area contributed by atoms with E-state index >= 15 is 0 Å². The normalized spacial score (nSPS) is 12.0. The number of methoxy groups -OCH3 is 1. The number of benzene rings is 1. The second kappa shape index (κ2) is 6.42. The van der Waals surface area contributed by atoms with Gasteiger partial charge in [-0.1, -0.05) is 11.6 Å². The molecule has 2 N–H and O–H groups in total. The monoisotopic (exact) mass is 260 g/mol. The van der Waals surface area contributed by atoms with Gasteiger partial charge in [0.05, 0.1) is 18.3 Å². The highest BCUT2D eigenvalue weighted by atomic mass is 35.5. The first-order chi connectivity index (χ1) is 8.02. The molecule has 1 aromatic carbocycles. The molecule has 0 unspecified atom stereocenters. The van der Waals surface area contributed by atoms with E-state index in [-0.39, 0.29) is 11.7 Å². The summed E-state index contributed by atoms with van der Waals surface area (Å²) >= 11 is 5.70. The topological polar surface area (TPSA) is 50.4 Å². The van der Waals surface area contributed by atoms with Crippen LogP contribution in [0.25, 0.3) is 0 Å². The minimum atomic E-state index is -0.538. The first kappa shape index (κ1) is 13.7. The number of ether oxygens (including phenoxy) is 1. The molecular formula is C11H14ClFN2O2. The molecule has 1 aromatic rings. The van der Waals surface area contributed by atoms with Crippen molar-refractivity contribution in [2.75, 3.05) is 19.0 Å². The Morgan fingerprint density at radius 2 is 2.29 bits per heavy atom. The number of rotatable bonds is 4. The first-order valence-corrected chi connectivity index (χ1v) is 5.42. The molecule has 0 aliphatic heterocycles. The highest BCUT2D eigenvalue weighted by molar-refractivity contribution is 6.30. The lowest BCUT2D eigenvalue weighted by Gasteiger charge is -2.14. The van der Waals surface area contributed by atoms with Gasteiger partial charge in [0.15, 0.2) is 0 Å². The molecule has 0 fully saturated rings. The maximum Gasteiger partial charge on any atom is 0.319 e. The Kier molecular flexibility index (Phi) is 5.18. The van der Waals surface area contributed by atoms with Crippen molar-refractivity contribution in [1.29, 1.82) is 0 Å². The van der Waals surface area contributed by atoms with Gasteiger partial charge in [-0.15, -0.1) is 0 Å². The first-order valence-electron chi connectivity index (χ1n) is 5.04. The van der Waals surface area contributed by atoms with E-state index in [9.17, 15) is 9.18 Å². The van der Waals surface area contributed by atoms with Crippen molar-refractivity contribution >= 4 is 23.3 Å². The Bertz CT molecular complexity index is 401. The molecule has 0 aliphatic rings. The molecule has 1 atom stereocenters. The van der Waals surface area contributed by atoms with Gasteiger partial charge in [-0.25, -0.2) is 9.18 Å². The van der Waals surface area contributed by atoms with Crippen LogP contribution >= 0.6 is 11.6 Å². The number of hydrogen-bond donors (Lipinski definition) is 2. The summed E-state index contributed by atoms with van der Waals surface area (Å²) in [6.07, 6.45) is 0. The van der Waals surface area contributed by atoms with Crippen LogP contribution in [0.1, 0.15) is 6.92 Å². The van der Waals surface area contributed by atoms with Crippen LogP contribution < -0.4 is 10.6 Å². The molecule has 6 heteroatoms. The van der Waals surface area contributed by atoms with Crippen LogP contribution in [0.5, 0.6) is 0 Å². The summed E-state index contributed by atoms with van der Waals surface area (Å²) in [6.45, 7) is 2.16. The second-order valence-electron chi connectivity index (χ2n) is 3.58. The summed E-state index contributed by atoms with van der Waals surface area (Å²) in [5, 5.41) is 5.32. The molecule has 0 saturated carbocycles. The summed E-state index contributed by atoms with van der Waals surface area (Å²) in [5.41, 5.74) is 0.0413. The Morgan fingerprint density at radius 1 is 1.59 bits per heavy atom. The fourth-order valence-electron chi connectivity index (χ4n) is 1.27.